The summed E-state index contributed by atoms with van der Waals surface area (Å²) in [6.07, 6.45) is 3.32. The highest BCUT2D eigenvalue weighted by atomic mass is 35.5. The van der Waals surface area contributed by atoms with Gasteiger partial charge in [0.25, 0.3) is 0 Å². The molecule has 0 aliphatic carbocycles. The first-order valence-electron chi connectivity index (χ1n) is 7.98. The van der Waals surface area contributed by atoms with Gasteiger partial charge in [-0.1, -0.05) is 48.0 Å². The zero-order valence-corrected chi connectivity index (χ0v) is 14.4. The molecule has 0 aliphatic heterocycles. The van der Waals surface area contributed by atoms with Crippen LogP contribution in [0.25, 0.3) is 16.7 Å². The van der Waals surface area contributed by atoms with Crippen LogP contribution in [-0.4, -0.2) is 19.7 Å². The Bertz CT molecular complexity index is 1010. The van der Waals surface area contributed by atoms with E-state index in [1.807, 2.05) is 42.5 Å². The Morgan fingerprint density at radius 3 is 2.68 bits per heavy atom. The first kappa shape index (κ1) is 15.6. The van der Waals surface area contributed by atoms with E-state index < -0.39 is 0 Å². The number of anilines is 1. The van der Waals surface area contributed by atoms with Crippen LogP contribution in [0.3, 0.4) is 0 Å². The molecule has 0 saturated carbocycles. The molecular weight excluding hydrogens is 334 g/mol. The van der Waals surface area contributed by atoms with Crippen LogP contribution < -0.4 is 5.32 Å². The number of fused-ring (bicyclic) bond motifs is 1. The van der Waals surface area contributed by atoms with E-state index in [2.05, 4.69) is 39.4 Å². The van der Waals surface area contributed by atoms with Gasteiger partial charge in [-0.2, -0.15) is 5.10 Å². The summed E-state index contributed by atoms with van der Waals surface area (Å²) in [5.74, 6) is 0.759. The summed E-state index contributed by atoms with van der Waals surface area (Å²) in [5.41, 5.74) is 2.79. The van der Waals surface area contributed by atoms with Crippen molar-refractivity contribution >= 4 is 28.5 Å². The molecule has 0 fully saturated rings. The van der Waals surface area contributed by atoms with Crippen LogP contribution in [0, 0.1) is 0 Å². The highest BCUT2D eigenvalue weighted by Crippen LogP contribution is 2.26. The van der Waals surface area contributed by atoms with E-state index in [4.69, 9.17) is 11.6 Å². The van der Waals surface area contributed by atoms with Crippen molar-refractivity contribution in [2.24, 2.45) is 0 Å². The van der Waals surface area contributed by atoms with Crippen molar-refractivity contribution < 1.29 is 0 Å². The fourth-order valence-corrected chi connectivity index (χ4v) is 2.97. The lowest BCUT2D eigenvalue weighted by atomic mass is 10.1. The molecular formula is C19H16ClN5. The topological polar surface area (TPSA) is 55.6 Å². The number of aromatic nitrogens is 4. The Morgan fingerprint density at radius 2 is 1.88 bits per heavy atom. The van der Waals surface area contributed by atoms with E-state index >= 15 is 0 Å². The number of benzene rings is 2. The van der Waals surface area contributed by atoms with Crippen molar-refractivity contribution in [3.05, 3.63) is 77.7 Å². The van der Waals surface area contributed by atoms with E-state index in [0.29, 0.717) is 5.02 Å². The predicted octanol–water partition coefficient (Wildman–Crippen LogP) is 4.64. The third-order valence-electron chi connectivity index (χ3n) is 4.07. The summed E-state index contributed by atoms with van der Waals surface area (Å²) < 4.78 is 1.77. The third-order valence-corrected chi connectivity index (χ3v) is 4.31. The van der Waals surface area contributed by atoms with E-state index in [0.717, 1.165) is 22.5 Å². The third kappa shape index (κ3) is 3.06. The number of hydrogen-bond acceptors (Lipinski definition) is 4. The van der Waals surface area contributed by atoms with Gasteiger partial charge in [-0.25, -0.2) is 14.6 Å². The zero-order valence-electron chi connectivity index (χ0n) is 13.6. The van der Waals surface area contributed by atoms with Gasteiger partial charge in [0.15, 0.2) is 5.65 Å². The molecule has 5 nitrogen and oxygen atoms in total. The molecule has 0 radical (unpaired) electrons. The Hall–Kier alpha value is -2.92. The second-order valence-corrected chi connectivity index (χ2v) is 6.21. The summed E-state index contributed by atoms with van der Waals surface area (Å²) >= 11 is 6.09. The fraction of sp³-hybridized carbons (Fsp3) is 0.105. The maximum Gasteiger partial charge on any atom is 0.168 e. The summed E-state index contributed by atoms with van der Waals surface area (Å²) in [7, 11) is 0. The maximum absolute atomic E-state index is 6.09. The van der Waals surface area contributed by atoms with Gasteiger partial charge in [-0.3, -0.25) is 0 Å². The molecule has 4 aromatic rings. The van der Waals surface area contributed by atoms with Gasteiger partial charge < -0.3 is 5.32 Å². The number of rotatable bonds is 4. The molecule has 1 atom stereocenters. The van der Waals surface area contributed by atoms with Crippen molar-refractivity contribution in [3.8, 4) is 5.69 Å². The summed E-state index contributed by atoms with van der Waals surface area (Å²) in [4.78, 5) is 8.79. The molecule has 6 heteroatoms. The van der Waals surface area contributed by atoms with Gasteiger partial charge in [-0.05, 0) is 30.7 Å². The monoisotopic (exact) mass is 349 g/mol. The van der Waals surface area contributed by atoms with Crippen LogP contribution >= 0.6 is 11.6 Å². The standard InChI is InChI=1S/C19H16ClN5/c1-13(14-6-3-2-4-7-14)24-18-17-11-23-25(19(17)22-12-21-18)16-9-5-8-15(20)10-16/h2-13H,1H3,(H,21,22,24)/t13-/m0/s1. The van der Waals surface area contributed by atoms with Gasteiger partial charge in [0.05, 0.1) is 17.3 Å². The predicted molar refractivity (Wildman–Crippen MR) is 100 cm³/mol. The molecule has 124 valence electrons. The van der Waals surface area contributed by atoms with Crippen LogP contribution in [0.1, 0.15) is 18.5 Å². The summed E-state index contributed by atoms with van der Waals surface area (Å²) in [6, 6.07) is 17.9. The average Bonchev–Trinajstić information content (AvgIpc) is 3.07. The largest absolute Gasteiger partial charge is 0.363 e. The zero-order chi connectivity index (χ0) is 17.2. The van der Waals surface area contributed by atoms with Gasteiger partial charge in [-0.15, -0.1) is 0 Å². The number of hydrogen-bond donors (Lipinski definition) is 1. The first-order chi connectivity index (χ1) is 12.2. The molecule has 0 saturated heterocycles. The van der Waals surface area contributed by atoms with Gasteiger partial charge in [0.1, 0.15) is 12.1 Å². The quantitative estimate of drug-likeness (QED) is 0.583. The highest BCUT2D eigenvalue weighted by molar-refractivity contribution is 6.30. The maximum atomic E-state index is 6.09. The average molecular weight is 350 g/mol. The van der Waals surface area contributed by atoms with Crippen molar-refractivity contribution in [2.45, 2.75) is 13.0 Å². The lowest BCUT2D eigenvalue weighted by molar-refractivity contribution is 0.874. The molecule has 2 aromatic heterocycles. The van der Waals surface area contributed by atoms with E-state index in [9.17, 15) is 0 Å². The van der Waals surface area contributed by atoms with Crippen molar-refractivity contribution in [1.82, 2.24) is 19.7 Å². The summed E-state index contributed by atoms with van der Waals surface area (Å²) in [5, 5.41) is 9.43. The molecule has 0 spiro atoms. The number of nitrogens with one attached hydrogen (secondary N) is 1. The van der Waals surface area contributed by atoms with Crippen molar-refractivity contribution in [2.75, 3.05) is 5.32 Å². The second-order valence-electron chi connectivity index (χ2n) is 5.77. The van der Waals surface area contributed by atoms with Gasteiger partial charge in [0.2, 0.25) is 0 Å². The smallest absolute Gasteiger partial charge is 0.168 e. The van der Waals surface area contributed by atoms with E-state index in [-0.39, 0.29) is 6.04 Å². The van der Waals surface area contributed by atoms with Gasteiger partial charge in [0, 0.05) is 11.1 Å². The molecule has 1 N–H and O–H groups in total. The van der Waals surface area contributed by atoms with Crippen molar-refractivity contribution in [3.63, 3.8) is 0 Å². The second kappa shape index (κ2) is 6.53. The van der Waals surface area contributed by atoms with E-state index in [1.54, 1.807) is 17.2 Å². The lowest BCUT2D eigenvalue weighted by Crippen LogP contribution is -2.08. The van der Waals surface area contributed by atoms with Crippen LogP contribution in [0.15, 0.2) is 67.1 Å². The molecule has 0 aliphatic rings. The van der Waals surface area contributed by atoms with Gasteiger partial charge >= 0.3 is 0 Å². The minimum absolute atomic E-state index is 0.119. The molecule has 2 heterocycles. The fourth-order valence-electron chi connectivity index (χ4n) is 2.79. The number of nitrogens with zero attached hydrogens (tertiary/aromatic N) is 4. The van der Waals surface area contributed by atoms with E-state index in [1.165, 1.54) is 5.56 Å². The highest BCUT2D eigenvalue weighted by Gasteiger charge is 2.13. The normalized spacial score (nSPS) is 12.2. The Kier molecular flexibility index (Phi) is 4.07. The molecule has 4 rings (SSSR count). The SMILES string of the molecule is C[C@H](Nc1ncnc2c1cnn2-c1cccc(Cl)c1)c1ccccc1. The minimum Gasteiger partial charge on any atom is -0.363 e. The van der Waals surface area contributed by atoms with Crippen LogP contribution in [-0.2, 0) is 0 Å². The van der Waals surface area contributed by atoms with Crippen LogP contribution in [0.2, 0.25) is 5.02 Å². The molecule has 0 unspecified atom stereocenters. The number of halogens is 1. The lowest BCUT2D eigenvalue weighted by Gasteiger charge is -2.15. The minimum atomic E-state index is 0.119. The molecule has 0 amide bonds. The summed E-state index contributed by atoms with van der Waals surface area (Å²) in [6.45, 7) is 2.10. The van der Waals surface area contributed by atoms with Crippen LogP contribution in [0.4, 0.5) is 5.82 Å². The molecule has 0 bridgehead atoms. The molecule has 2 aromatic carbocycles. The Morgan fingerprint density at radius 1 is 1.04 bits per heavy atom. The Labute approximate surface area is 150 Å². The van der Waals surface area contributed by atoms with Crippen molar-refractivity contribution in [1.29, 1.82) is 0 Å². The first-order valence-corrected chi connectivity index (χ1v) is 8.36. The van der Waals surface area contributed by atoms with Crippen LogP contribution in [0.5, 0.6) is 0 Å². The molecule has 25 heavy (non-hydrogen) atoms. The Balaban J connectivity index is 1.72.